The number of carbonyl (C=O) groups is 2. The molecule has 0 bridgehead atoms. The third kappa shape index (κ3) is 4.97. The van der Waals surface area contributed by atoms with Gasteiger partial charge in [-0.25, -0.2) is 0 Å². The van der Waals surface area contributed by atoms with Crippen molar-refractivity contribution in [1.82, 2.24) is 4.98 Å². The van der Waals surface area contributed by atoms with Crippen molar-refractivity contribution in [2.75, 3.05) is 10.6 Å². The Morgan fingerprint density at radius 2 is 1.32 bits per heavy atom. The molecule has 0 fully saturated rings. The quantitative estimate of drug-likeness (QED) is 0.350. The minimum Gasteiger partial charge on any atom is -0.320 e. The van der Waals surface area contributed by atoms with Crippen molar-refractivity contribution in [3.8, 4) is 0 Å². The summed E-state index contributed by atoms with van der Waals surface area (Å²) in [6.45, 7) is 0. The predicted octanol–water partition coefficient (Wildman–Crippen LogP) is 5.05. The molecule has 0 unspecified atom stereocenters. The van der Waals surface area contributed by atoms with Gasteiger partial charge in [-0.1, -0.05) is 53.5 Å². The number of nitrogens with one attached hydrogen (secondary N) is 2. The number of hydrogen-bond acceptors (Lipinski definition) is 3. The molecular formula is C21H15Cl2N3O2. The summed E-state index contributed by atoms with van der Waals surface area (Å²) >= 11 is 12.2. The third-order valence-electron chi connectivity index (χ3n) is 3.73. The van der Waals surface area contributed by atoms with E-state index in [0.29, 0.717) is 27.0 Å². The Kier molecular flexibility index (Phi) is 6.42. The molecule has 140 valence electrons. The number of anilines is 2. The van der Waals surface area contributed by atoms with Gasteiger partial charge in [0.05, 0.1) is 21.4 Å². The smallest absolute Gasteiger partial charge is 0.261 e. The van der Waals surface area contributed by atoms with Crippen LogP contribution >= 0.6 is 23.2 Å². The minimum absolute atomic E-state index is 0.118. The normalized spacial score (nSPS) is 10.1. The van der Waals surface area contributed by atoms with Crippen molar-refractivity contribution in [3.63, 3.8) is 0 Å². The third-order valence-corrected chi connectivity index (χ3v) is 4.39. The molecule has 2 N–H and O–H groups in total. The van der Waals surface area contributed by atoms with Crippen LogP contribution in [-0.4, -0.2) is 16.8 Å². The van der Waals surface area contributed by atoms with Crippen molar-refractivity contribution in [2.24, 2.45) is 0 Å². The number of amides is 2. The maximum absolute atomic E-state index is 12.8. The van der Waals surface area contributed by atoms with E-state index < -0.39 is 11.8 Å². The van der Waals surface area contributed by atoms with Crippen LogP contribution < -0.4 is 10.6 Å². The molecule has 0 atom stereocenters. The largest absolute Gasteiger partial charge is 0.320 e. The number of rotatable bonds is 5. The van der Waals surface area contributed by atoms with Gasteiger partial charge in [0.25, 0.3) is 11.8 Å². The molecule has 3 rings (SSSR count). The van der Waals surface area contributed by atoms with Crippen molar-refractivity contribution >= 4 is 52.5 Å². The van der Waals surface area contributed by atoms with Crippen LogP contribution in [0, 0.1) is 0 Å². The van der Waals surface area contributed by atoms with E-state index in [1.807, 2.05) is 0 Å². The van der Waals surface area contributed by atoms with Gasteiger partial charge in [-0.05, 0) is 42.0 Å². The van der Waals surface area contributed by atoms with Gasteiger partial charge in [0.1, 0.15) is 5.57 Å². The maximum Gasteiger partial charge on any atom is 0.261 e. The second-order valence-corrected chi connectivity index (χ2v) is 6.53. The van der Waals surface area contributed by atoms with Crippen molar-refractivity contribution in [2.45, 2.75) is 0 Å². The molecule has 0 aliphatic carbocycles. The molecule has 0 saturated heterocycles. The Morgan fingerprint density at radius 3 is 1.79 bits per heavy atom. The number of hydrogen-bond donors (Lipinski definition) is 2. The van der Waals surface area contributed by atoms with Crippen LogP contribution in [0.3, 0.4) is 0 Å². The molecule has 0 aliphatic rings. The Labute approximate surface area is 172 Å². The lowest BCUT2D eigenvalue weighted by Crippen LogP contribution is -2.25. The summed E-state index contributed by atoms with van der Waals surface area (Å²) in [5, 5.41) is 6.04. The summed E-state index contributed by atoms with van der Waals surface area (Å²) in [5.41, 5.74) is 1.28. The van der Waals surface area contributed by atoms with Crippen LogP contribution in [0.2, 0.25) is 10.0 Å². The average molecular weight is 412 g/mol. The number of benzene rings is 2. The zero-order valence-corrected chi connectivity index (χ0v) is 16.0. The maximum atomic E-state index is 12.8. The van der Waals surface area contributed by atoms with E-state index in [1.165, 1.54) is 6.08 Å². The summed E-state index contributed by atoms with van der Waals surface area (Å²) in [5.74, 6) is -1.22. The molecular weight excluding hydrogens is 397 g/mol. The average Bonchev–Trinajstić information content (AvgIpc) is 2.70. The summed E-state index contributed by atoms with van der Waals surface area (Å²) in [7, 11) is 0. The van der Waals surface area contributed by atoms with Gasteiger partial charge in [-0.15, -0.1) is 0 Å². The first-order chi connectivity index (χ1) is 13.5. The van der Waals surface area contributed by atoms with E-state index in [-0.39, 0.29) is 5.57 Å². The van der Waals surface area contributed by atoms with Crippen LogP contribution in [0.4, 0.5) is 11.4 Å². The van der Waals surface area contributed by atoms with E-state index in [9.17, 15) is 9.59 Å². The van der Waals surface area contributed by atoms with Gasteiger partial charge in [-0.2, -0.15) is 0 Å². The first-order valence-corrected chi connectivity index (χ1v) is 9.03. The van der Waals surface area contributed by atoms with E-state index in [0.717, 1.165) is 0 Å². The highest BCUT2D eigenvalue weighted by Crippen LogP contribution is 2.23. The molecule has 1 heterocycles. The molecule has 0 spiro atoms. The van der Waals surface area contributed by atoms with Crippen molar-refractivity contribution in [3.05, 3.63) is 94.2 Å². The summed E-state index contributed by atoms with van der Waals surface area (Å²) < 4.78 is 0. The van der Waals surface area contributed by atoms with E-state index in [2.05, 4.69) is 15.6 Å². The minimum atomic E-state index is -0.610. The van der Waals surface area contributed by atoms with Crippen molar-refractivity contribution in [1.29, 1.82) is 0 Å². The molecule has 5 nitrogen and oxygen atoms in total. The molecule has 0 aliphatic heterocycles. The van der Waals surface area contributed by atoms with Crippen molar-refractivity contribution < 1.29 is 9.59 Å². The number of halogens is 2. The lowest BCUT2D eigenvalue weighted by atomic mass is 10.1. The Hall–Kier alpha value is -3.15. The van der Waals surface area contributed by atoms with Crippen LogP contribution in [0.25, 0.3) is 6.08 Å². The van der Waals surface area contributed by atoms with Gasteiger partial charge in [0.15, 0.2) is 0 Å². The van der Waals surface area contributed by atoms with Crippen LogP contribution in [-0.2, 0) is 9.59 Å². The van der Waals surface area contributed by atoms with Gasteiger partial charge >= 0.3 is 0 Å². The SMILES string of the molecule is O=C(Nc1ccccc1Cl)C(=Cc1cccnc1)C(=O)Nc1ccccc1Cl. The highest BCUT2D eigenvalue weighted by Gasteiger charge is 2.20. The number of nitrogens with zero attached hydrogens (tertiary/aromatic N) is 1. The van der Waals surface area contributed by atoms with Crippen LogP contribution in [0.1, 0.15) is 5.56 Å². The molecule has 7 heteroatoms. The van der Waals surface area contributed by atoms with Gasteiger partial charge in [0, 0.05) is 12.4 Å². The fourth-order valence-corrected chi connectivity index (χ4v) is 2.73. The van der Waals surface area contributed by atoms with E-state index >= 15 is 0 Å². The fraction of sp³-hybridized carbons (Fsp3) is 0. The Morgan fingerprint density at radius 1 is 0.786 bits per heavy atom. The lowest BCUT2D eigenvalue weighted by Gasteiger charge is -2.12. The summed E-state index contributed by atoms with van der Waals surface area (Å²) in [4.78, 5) is 29.7. The van der Waals surface area contributed by atoms with Crippen LogP contribution in [0.5, 0.6) is 0 Å². The topological polar surface area (TPSA) is 71.1 Å². The number of pyridine rings is 1. The van der Waals surface area contributed by atoms with Gasteiger partial charge in [-0.3, -0.25) is 14.6 Å². The molecule has 2 amide bonds. The second kappa shape index (κ2) is 9.17. The number of aromatic nitrogens is 1. The Balaban J connectivity index is 1.92. The molecule has 3 aromatic rings. The van der Waals surface area contributed by atoms with Crippen LogP contribution in [0.15, 0.2) is 78.6 Å². The van der Waals surface area contributed by atoms with Gasteiger partial charge in [0.2, 0.25) is 0 Å². The molecule has 28 heavy (non-hydrogen) atoms. The monoisotopic (exact) mass is 411 g/mol. The highest BCUT2D eigenvalue weighted by molar-refractivity contribution is 6.36. The number of para-hydroxylation sites is 2. The fourth-order valence-electron chi connectivity index (χ4n) is 2.37. The molecule has 2 aromatic carbocycles. The Bertz CT molecular complexity index is 975. The first kappa shape index (κ1) is 19.6. The number of carbonyl (C=O) groups excluding carboxylic acids is 2. The molecule has 0 saturated carbocycles. The highest BCUT2D eigenvalue weighted by atomic mass is 35.5. The predicted molar refractivity (Wildman–Crippen MR) is 112 cm³/mol. The van der Waals surface area contributed by atoms with E-state index in [1.54, 1.807) is 73.1 Å². The zero-order chi connectivity index (χ0) is 19.9. The zero-order valence-electron chi connectivity index (χ0n) is 14.5. The second-order valence-electron chi connectivity index (χ2n) is 5.71. The lowest BCUT2D eigenvalue weighted by molar-refractivity contribution is -0.118. The van der Waals surface area contributed by atoms with Gasteiger partial charge < -0.3 is 10.6 Å². The first-order valence-electron chi connectivity index (χ1n) is 8.28. The standard InChI is InChI=1S/C21H15Cl2N3O2/c22-16-7-1-3-9-18(16)25-20(27)15(12-14-6-5-11-24-13-14)21(28)26-19-10-4-2-8-17(19)23/h1-13H,(H,25,27)(H,26,28). The summed E-state index contributed by atoms with van der Waals surface area (Å²) in [6, 6.07) is 17.0. The molecule has 0 radical (unpaired) electrons. The van der Waals surface area contributed by atoms with E-state index in [4.69, 9.17) is 23.2 Å². The molecule has 1 aromatic heterocycles. The summed E-state index contributed by atoms with van der Waals surface area (Å²) in [6.07, 6.45) is 4.60.